The van der Waals surface area contributed by atoms with Crippen molar-refractivity contribution in [2.45, 2.75) is 25.8 Å². The molecule has 140 valence electrons. The number of methoxy groups -OCH3 is 2. The van der Waals surface area contributed by atoms with Gasteiger partial charge in [-0.25, -0.2) is 9.67 Å². The molecule has 0 aliphatic heterocycles. The quantitative estimate of drug-likeness (QED) is 0.767. The number of benzene rings is 1. The third kappa shape index (κ3) is 3.95. The van der Waals surface area contributed by atoms with Crippen molar-refractivity contribution in [2.24, 2.45) is 5.92 Å². The molecule has 9 heteroatoms. The van der Waals surface area contributed by atoms with Crippen LogP contribution in [0.15, 0.2) is 16.9 Å². The molecule has 0 saturated heterocycles. The van der Waals surface area contributed by atoms with E-state index in [4.69, 9.17) is 32.7 Å². The van der Waals surface area contributed by atoms with Gasteiger partial charge in [0.1, 0.15) is 11.6 Å². The van der Waals surface area contributed by atoms with Gasteiger partial charge in [0, 0.05) is 19.2 Å². The summed E-state index contributed by atoms with van der Waals surface area (Å²) >= 11 is 12.5. The monoisotopic (exact) mass is 398 g/mol. The summed E-state index contributed by atoms with van der Waals surface area (Å²) in [6, 6.07) is 3.11. The van der Waals surface area contributed by atoms with E-state index in [0.717, 1.165) is 12.8 Å². The van der Waals surface area contributed by atoms with Crippen LogP contribution in [0, 0.1) is 12.8 Å². The number of nitrogens with one attached hydrogen (secondary N) is 1. The van der Waals surface area contributed by atoms with Crippen LogP contribution in [-0.4, -0.2) is 35.6 Å². The summed E-state index contributed by atoms with van der Waals surface area (Å²) in [5.41, 5.74) is 0.0538. The van der Waals surface area contributed by atoms with E-state index in [1.807, 2.05) is 0 Å². The zero-order chi connectivity index (χ0) is 18.8. The van der Waals surface area contributed by atoms with Crippen molar-refractivity contribution in [3.8, 4) is 5.75 Å². The second kappa shape index (κ2) is 7.82. The fourth-order valence-electron chi connectivity index (χ4n) is 2.81. The van der Waals surface area contributed by atoms with E-state index in [-0.39, 0.29) is 17.4 Å². The molecule has 2 aromatic rings. The minimum Gasteiger partial charge on any atom is -0.497 e. The molecule has 1 aromatic carbocycles. The number of nitrogens with zero attached hydrogens (tertiary/aromatic N) is 3. The number of aryl methyl sites for hydroxylation is 1. The van der Waals surface area contributed by atoms with Crippen LogP contribution in [0.1, 0.15) is 24.7 Å². The predicted octanol–water partition coefficient (Wildman–Crippen LogP) is 3.60. The van der Waals surface area contributed by atoms with Gasteiger partial charge in [-0.05, 0) is 25.7 Å². The van der Waals surface area contributed by atoms with Crippen LogP contribution in [0.3, 0.4) is 0 Å². The van der Waals surface area contributed by atoms with Crippen molar-refractivity contribution in [1.29, 1.82) is 0 Å². The highest BCUT2D eigenvalue weighted by molar-refractivity contribution is 6.39. The standard InChI is InChI=1S/C17H20Cl2N4O3/c1-9-20-16(21-15-12(18)6-11(26-3)7-13(15)19)17(24)23(22-9)14(8-25-2)10-4-5-10/h6-7,10,14H,4-5,8H2,1-3H3,(H,20,21,22)/t14-/m1/s1. The Morgan fingerprint density at radius 1 is 1.31 bits per heavy atom. The van der Waals surface area contributed by atoms with Gasteiger partial charge in [-0.2, -0.15) is 5.10 Å². The molecule has 1 N–H and O–H groups in total. The van der Waals surface area contributed by atoms with E-state index < -0.39 is 0 Å². The van der Waals surface area contributed by atoms with Crippen LogP contribution in [0.2, 0.25) is 10.0 Å². The first kappa shape index (κ1) is 18.9. The summed E-state index contributed by atoms with van der Waals surface area (Å²) < 4.78 is 11.9. The summed E-state index contributed by atoms with van der Waals surface area (Å²) in [6.07, 6.45) is 2.12. The lowest BCUT2D eigenvalue weighted by Crippen LogP contribution is -2.34. The number of hydrogen-bond acceptors (Lipinski definition) is 6. The highest BCUT2D eigenvalue weighted by Gasteiger charge is 2.34. The summed E-state index contributed by atoms with van der Waals surface area (Å²) in [5, 5.41) is 7.92. The lowest BCUT2D eigenvalue weighted by molar-refractivity contribution is 0.136. The summed E-state index contributed by atoms with van der Waals surface area (Å²) in [5.74, 6) is 1.50. The minimum atomic E-state index is -0.340. The summed E-state index contributed by atoms with van der Waals surface area (Å²) in [4.78, 5) is 17.2. The summed E-state index contributed by atoms with van der Waals surface area (Å²) in [7, 11) is 3.14. The Morgan fingerprint density at radius 3 is 2.50 bits per heavy atom. The van der Waals surface area contributed by atoms with Gasteiger partial charge in [-0.15, -0.1) is 0 Å². The molecule has 1 heterocycles. The molecule has 26 heavy (non-hydrogen) atoms. The molecule has 1 saturated carbocycles. The maximum absolute atomic E-state index is 12.9. The van der Waals surface area contributed by atoms with E-state index in [2.05, 4.69) is 15.4 Å². The molecule has 0 radical (unpaired) electrons. The number of aromatic nitrogens is 3. The Labute approximate surface area is 161 Å². The van der Waals surface area contributed by atoms with Crippen LogP contribution in [0.4, 0.5) is 11.5 Å². The van der Waals surface area contributed by atoms with Gasteiger partial charge in [0.25, 0.3) is 0 Å². The van der Waals surface area contributed by atoms with E-state index in [1.54, 1.807) is 26.2 Å². The molecular weight excluding hydrogens is 379 g/mol. The number of hydrogen-bond donors (Lipinski definition) is 1. The molecule has 1 aliphatic rings. The lowest BCUT2D eigenvalue weighted by atomic mass is 10.2. The topological polar surface area (TPSA) is 78.3 Å². The maximum atomic E-state index is 12.9. The number of halogens is 2. The normalized spacial score (nSPS) is 15.0. The van der Waals surface area contributed by atoms with Crippen LogP contribution < -0.4 is 15.6 Å². The van der Waals surface area contributed by atoms with Gasteiger partial charge < -0.3 is 14.8 Å². The molecule has 1 fully saturated rings. The molecule has 0 spiro atoms. The fraction of sp³-hybridized carbons (Fsp3) is 0.471. The Morgan fingerprint density at radius 2 is 1.96 bits per heavy atom. The van der Waals surface area contributed by atoms with Gasteiger partial charge in [-0.1, -0.05) is 23.2 Å². The van der Waals surface area contributed by atoms with Crippen LogP contribution in [-0.2, 0) is 4.74 Å². The Balaban J connectivity index is 2.00. The third-order valence-corrected chi connectivity index (χ3v) is 4.85. The number of ether oxygens (including phenoxy) is 2. The molecule has 0 unspecified atom stereocenters. The summed E-state index contributed by atoms with van der Waals surface area (Å²) in [6.45, 7) is 2.15. The van der Waals surface area contributed by atoms with E-state index in [9.17, 15) is 4.79 Å². The van der Waals surface area contributed by atoms with Gasteiger partial charge in [0.15, 0.2) is 0 Å². The molecule has 0 bridgehead atoms. The first-order chi connectivity index (χ1) is 12.4. The van der Waals surface area contributed by atoms with Crippen molar-refractivity contribution in [3.05, 3.63) is 38.4 Å². The van der Waals surface area contributed by atoms with Crippen molar-refractivity contribution in [2.75, 3.05) is 26.1 Å². The molecule has 0 amide bonds. The highest BCUT2D eigenvalue weighted by Crippen LogP contribution is 2.39. The van der Waals surface area contributed by atoms with E-state index in [0.29, 0.717) is 39.8 Å². The minimum absolute atomic E-state index is 0.114. The molecule has 1 atom stereocenters. The van der Waals surface area contributed by atoms with Gasteiger partial charge >= 0.3 is 5.56 Å². The van der Waals surface area contributed by atoms with Crippen LogP contribution >= 0.6 is 23.2 Å². The molecule has 1 aliphatic carbocycles. The van der Waals surface area contributed by atoms with E-state index >= 15 is 0 Å². The SMILES string of the molecule is COC[C@H](C1CC1)n1nc(C)nc(Nc2c(Cl)cc(OC)cc2Cl)c1=O. The first-order valence-corrected chi connectivity index (χ1v) is 8.96. The smallest absolute Gasteiger partial charge is 0.310 e. The second-order valence-corrected chi connectivity index (χ2v) is 7.02. The van der Waals surface area contributed by atoms with Crippen molar-refractivity contribution < 1.29 is 9.47 Å². The van der Waals surface area contributed by atoms with Crippen molar-refractivity contribution >= 4 is 34.7 Å². The van der Waals surface area contributed by atoms with Crippen molar-refractivity contribution in [3.63, 3.8) is 0 Å². The lowest BCUT2D eigenvalue weighted by Gasteiger charge is -2.19. The second-order valence-electron chi connectivity index (χ2n) is 6.21. The first-order valence-electron chi connectivity index (χ1n) is 8.21. The Kier molecular flexibility index (Phi) is 5.70. The van der Waals surface area contributed by atoms with Crippen LogP contribution in [0.25, 0.3) is 0 Å². The predicted molar refractivity (Wildman–Crippen MR) is 101 cm³/mol. The van der Waals surface area contributed by atoms with E-state index in [1.165, 1.54) is 11.8 Å². The molecular formula is C17H20Cl2N4O3. The average molecular weight is 399 g/mol. The number of rotatable bonds is 7. The molecule has 1 aromatic heterocycles. The maximum Gasteiger partial charge on any atom is 0.310 e. The van der Waals surface area contributed by atoms with Gasteiger partial charge in [0.2, 0.25) is 5.82 Å². The molecule has 7 nitrogen and oxygen atoms in total. The Bertz CT molecular complexity index is 845. The third-order valence-electron chi connectivity index (χ3n) is 4.25. The van der Waals surface area contributed by atoms with Gasteiger partial charge in [0.05, 0.1) is 35.5 Å². The largest absolute Gasteiger partial charge is 0.497 e. The Hall–Kier alpha value is -1.83. The van der Waals surface area contributed by atoms with Gasteiger partial charge in [-0.3, -0.25) is 4.79 Å². The van der Waals surface area contributed by atoms with Crippen molar-refractivity contribution in [1.82, 2.24) is 14.8 Å². The zero-order valence-electron chi connectivity index (χ0n) is 14.8. The zero-order valence-corrected chi connectivity index (χ0v) is 16.3. The van der Waals surface area contributed by atoms with Crippen LogP contribution in [0.5, 0.6) is 5.75 Å². The highest BCUT2D eigenvalue weighted by atomic mass is 35.5. The molecule has 3 rings (SSSR count). The average Bonchev–Trinajstić information content (AvgIpc) is 3.43. The number of anilines is 2. The fourth-order valence-corrected chi connectivity index (χ4v) is 3.37.